The molecule has 2 fully saturated rings. The second-order valence-corrected chi connectivity index (χ2v) is 8.03. The van der Waals surface area contributed by atoms with Gasteiger partial charge < -0.3 is 20.3 Å². The van der Waals surface area contributed by atoms with Gasteiger partial charge in [-0.25, -0.2) is 9.18 Å². The van der Waals surface area contributed by atoms with Crippen LogP contribution in [0, 0.1) is 17.2 Å². The summed E-state index contributed by atoms with van der Waals surface area (Å²) in [6.07, 6.45) is 1.26. The summed E-state index contributed by atoms with van der Waals surface area (Å²) in [7, 11) is 3.80. The first-order chi connectivity index (χ1) is 11.8. The number of urea groups is 1. The number of benzene rings is 1. The van der Waals surface area contributed by atoms with Crippen molar-refractivity contribution in [2.75, 3.05) is 20.7 Å². The van der Waals surface area contributed by atoms with Crippen molar-refractivity contribution in [3.05, 3.63) is 35.1 Å². The highest BCUT2D eigenvalue weighted by Crippen LogP contribution is 2.52. The molecule has 5 nitrogen and oxygen atoms in total. The van der Waals surface area contributed by atoms with Crippen molar-refractivity contribution in [3.63, 3.8) is 0 Å². The van der Waals surface area contributed by atoms with Crippen molar-refractivity contribution in [1.29, 1.82) is 0 Å². The molecule has 1 saturated carbocycles. The summed E-state index contributed by atoms with van der Waals surface area (Å²) in [5, 5.41) is 5.98. The normalized spacial score (nSPS) is 26.9. The Balaban J connectivity index is 1.54. The lowest BCUT2D eigenvalue weighted by molar-refractivity contribution is -0.108. The summed E-state index contributed by atoms with van der Waals surface area (Å²) < 4.78 is 19.6. The highest BCUT2D eigenvalue weighted by molar-refractivity contribution is 5.74. The van der Waals surface area contributed by atoms with Gasteiger partial charge in [0.15, 0.2) is 0 Å². The fraction of sp³-hybridized carbons (Fsp3) is 0.632. The summed E-state index contributed by atoms with van der Waals surface area (Å²) >= 11 is 0. The second kappa shape index (κ2) is 6.92. The standard InChI is InChI=1S/C19H28FN3O2/c1-19(2)16(14-7-8-25-17(14)19)22-18(24)21-10-12-5-6-15(20)13(9-12)11-23(3)4/h5-6,9,14,16-17H,7-8,10-11H2,1-4H3,(H2,21,22,24)/t14-,16+,17+/m1/s1. The second-order valence-electron chi connectivity index (χ2n) is 8.03. The van der Waals surface area contributed by atoms with Gasteiger partial charge in [0.05, 0.1) is 6.10 Å². The topological polar surface area (TPSA) is 53.6 Å². The molecule has 0 radical (unpaired) electrons. The number of carbonyl (C=O) groups is 1. The third kappa shape index (κ3) is 3.65. The fourth-order valence-corrected chi connectivity index (χ4v) is 4.19. The van der Waals surface area contributed by atoms with Crippen LogP contribution in [0.5, 0.6) is 0 Å². The van der Waals surface area contributed by atoms with Crippen LogP contribution in [0.4, 0.5) is 9.18 Å². The van der Waals surface area contributed by atoms with Crippen LogP contribution in [-0.4, -0.2) is 43.8 Å². The molecule has 2 amide bonds. The zero-order valence-electron chi connectivity index (χ0n) is 15.4. The molecular formula is C19H28FN3O2. The van der Waals surface area contributed by atoms with E-state index in [1.807, 2.05) is 25.1 Å². The lowest BCUT2D eigenvalue weighted by Crippen LogP contribution is -2.67. The van der Waals surface area contributed by atoms with Crippen LogP contribution >= 0.6 is 0 Å². The van der Waals surface area contributed by atoms with Crippen molar-refractivity contribution in [2.24, 2.45) is 11.3 Å². The Morgan fingerprint density at radius 3 is 2.88 bits per heavy atom. The van der Waals surface area contributed by atoms with Gasteiger partial charge in [0.1, 0.15) is 5.82 Å². The van der Waals surface area contributed by atoms with Gasteiger partial charge in [0, 0.05) is 42.6 Å². The van der Waals surface area contributed by atoms with E-state index in [-0.39, 0.29) is 29.4 Å². The Hall–Kier alpha value is -1.66. The van der Waals surface area contributed by atoms with E-state index in [9.17, 15) is 9.18 Å². The lowest BCUT2D eigenvalue weighted by atomic mass is 9.57. The van der Waals surface area contributed by atoms with Crippen LogP contribution < -0.4 is 10.6 Å². The number of hydrogen-bond acceptors (Lipinski definition) is 3. The minimum atomic E-state index is -0.217. The molecule has 6 heteroatoms. The number of amides is 2. The molecule has 1 heterocycles. The first-order valence-corrected chi connectivity index (χ1v) is 8.87. The molecule has 2 N–H and O–H groups in total. The quantitative estimate of drug-likeness (QED) is 0.859. The Kier molecular flexibility index (Phi) is 5.02. The van der Waals surface area contributed by atoms with Gasteiger partial charge in [-0.05, 0) is 38.2 Å². The Morgan fingerprint density at radius 2 is 2.16 bits per heavy atom. The molecule has 2 aliphatic rings. The first-order valence-electron chi connectivity index (χ1n) is 8.87. The van der Waals surface area contributed by atoms with E-state index >= 15 is 0 Å². The summed E-state index contributed by atoms with van der Waals surface area (Å²) in [5.74, 6) is 0.198. The number of hydrogen-bond donors (Lipinski definition) is 2. The third-order valence-corrected chi connectivity index (χ3v) is 5.44. The van der Waals surface area contributed by atoms with Gasteiger partial charge in [-0.15, -0.1) is 0 Å². The monoisotopic (exact) mass is 349 g/mol. The highest BCUT2D eigenvalue weighted by atomic mass is 19.1. The fourth-order valence-electron chi connectivity index (χ4n) is 4.19. The molecule has 3 atom stereocenters. The SMILES string of the molecule is CN(C)Cc1cc(CNC(=O)N[C@H]2[C@H]3CCO[C@@H]3C2(C)C)ccc1F. The molecule has 25 heavy (non-hydrogen) atoms. The van der Waals surface area contributed by atoms with E-state index in [2.05, 4.69) is 24.5 Å². The largest absolute Gasteiger partial charge is 0.377 e. The maximum absolute atomic E-state index is 13.8. The van der Waals surface area contributed by atoms with Gasteiger partial charge in [0.25, 0.3) is 0 Å². The number of halogens is 1. The van der Waals surface area contributed by atoms with Gasteiger partial charge in [-0.1, -0.05) is 19.9 Å². The molecule has 0 bridgehead atoms. The minimum absolute atomic E-state index is 0.0345. The minimum Gasteiger partial charge on any atom is -0.377 e. The molecule has 1 aliphatic heterocycles. The Morgan fingerprint density at radius 1 is 1.40 bits per heavy atom. The van der Waals surface area contributed by atoms with Crippen molar-refractivity contribution < 1.29 is 13.9 Å². The summed E-state index contributed by atoms with van der Waals surface area (Å²) in [4.78, 5) is 14.2. The number of ether oxygens (including phenoxy) is 1. The van der Waals surface area contributed by atoms with Crippen LogP contribution in [0.3, 0.4) is 0 Å². The molecule has 138 valence electrons. The first kappa shape index (κ1) is 18.1. The van der Waals surface area contributed by atoms with E-state index in [0.29, 0.717) is 24.6 Å². The maximum atomic E-state index is 13.8. The van der Waals surface area contributed by atoms with Crippen LogP contribution in [0.2, 0.25) is 0 Å². The number of rotatable bonds is 5. The summed E-state index contributed by atoms with van der Waals surface area (Å²) in [5.41, 5.74) is 1.49. The smallest absolute Gasteiger partial charge is 0.315 e. The van der Waals surface area contributed by atoms with E-state index in [0.717, 1.165) is 18.6 Å². The summed E-state index contributed by atoms with van der Waals surface area (Å²) in [6, 6.07) is 4.94. The predicted molar refractivity (Wildman–Crippen MR) is 94.6 cm³/mol. The molecule has 0 spiro atoms. The predicted octanol–water partition coefficient (Wildman–Crippen LogP) is 2.50. The Labute approximate surface area is 148 Å². The van der Waals surface area contributed by atoms with Gasteiger partial charge >= 0.3 is 6.03 Å². The van der Waals surface area contributed by atoms with Gasteiger partial charge in [-0.3, -0.25) is 0 Å². The average molecular weight is 349 g/mol. The molecule has 3 rings (SSSR count). The van der Waals surface area contributed by atoms with Crippen molar-refractivity contribution in [1.82, 2.24) is 15.5 Å². The van der Waals surface area contributed by atoms with E-state index in [1.54, 1.807) is 6.07 Å². The maximum Gasteiger partial charge on any atom is 0.315 e. The van der Waals surface area contributed by atoms with Crippen LogP contribution in [0.25, 0.3) is 0 Å². The molecule has 0 unspecified atom stereocenters. The van der Waals surface area contributed by atoms with Crippen molar-refractivity contribution >= 4 is 6.03 Å². The van der Waals surface area contributed by atoms with Crippen molar-refractivity contribution in [2.45, 2.75) is 45.5 Å². The molecule has 1 saturated heterocycles. The number of carbonyl (C=O) groups excluding carboxylic acids is 1. The molecular weight excluding hydrogens is 321 g/mol. The van der Waals surface area contributed by atoms with E-state index < -0.39 is 0 Å². The molecule has 1 aliphatic carbocycles. The lowest BCUT2D eigenvalue weighted by Gasteiger charge is -2.54. The van der Waals surface area contributed by atoms with E-state index in [4.69, 9.17) is 4.74 Å². The number of nitrogens with one attached hydrogen (secondary N) is 2. The van der Waals surface area contributed by atoms with Crippen LogP contribution in [0.1, 0.15) is 31.4 Å². The highest BCUT2D eigenvalue weighted by Gasteiger charge is 2.59. The summed E-state index contributed by atoms with van der Waals surface area (Å²) in [6.45, 7) is 5.97. The van der Waals surface area contributed by atoms with Gasteiger partial charge in [0.2, 0.25) is 0 Å². The molecule has 1 aromatic rings. The zero-order valence-corrected chi connectivity index (χ0v) is 15.4. The van der Waals surface area contributed by atoms with Crippen LogP contribution in [0.15, 0.2) is 18.2 Å². The molecule has 0 aromatic heterocycles. The van der Waals surface area contributed by atoms with Crippen LogP contribution in [-0.2, 0) is 17.8 Å². The number of fused-ring (bicyclic) bond motifs is 1. The van der Waals surface area contributed by atoms with Gasteiger partial charge in [-0.2, -0.15) is 0 Å². The Bertz CT molecular complexity index is 648. The third-order valence-electron chi connectivity index (χ3n) is 5.44. The zero-order chi connectivity index (χ0) is 18.2. The van der Waals surface area contributed by atoms with Crippen molar-refractivity contribution in [3.8, 4) is 0 Å². The number of nitrogens with zero attached hydrogens (tertiary/aromatic N) is 1. The average Bonchev–Trinajstić information content (AvgIpc) is 3.00. The molecule has 1 aromatic carbocycles. The van der Waals surface area contributed by atoms with E-state index in [1.165, 1.54) is 6.07 Å².